The minimum atomic E-state index is -0.145. The average molecular weight is 441 g/mol. The van der Waals surface area contributed by atoms with E-state index in [1.54, 1.807) is 12.5 Å². The van der Waals surface area contributed by atoms with Crippen molar-refractivity contribution in [1.82, 2.24) is 24.6 Å². The molecule has 2 aromatic rings. The van der Waals surface area contributed by atoms with Crippen molar-refractivity contribution >= 4 is 5.91 Å². The van der Waals surface area contributed by atoms with E-state index >= 15 is 0 Å². The number of hydrogen-bond acceptors (Lipinski definition) is 6. The van der Waals surface area contributed by atoms with Gasteiger partial charge in [0.2, 0.25) is 11.8 Å². The third-order valence-electron chi connectivity index (χ3n) is 7.47. The molecule has 1 saturated heterocycles. The van der Waals surface area contributed by atoms with Gasteiger partial charge in [-0.1, -0.05) is 25.5 Å². The molecule has 2 aliphatic rings. The largest absolute Gasteiger partial charge is 0.419 e. The third kappa shape index (κ3) is 4.95. The zero-order chi connectivity index (χ0) is 22.8. The molecular weight excluding hydrogens is 404 g/mol. The fourth-order valence-electron chi connectivity index (χ4n) is 5.40. The maximum Gasteiger partial charge on any atom is 0.265 e. The van der Waals surface area contributed by atoms with E-state index in [0.29, 0.717) is 35.5 Å². The first-order chi connectivity index (χ1) is 15.3. The van der Waals surface area contributed by atoms with E-state index in [-0.39, 0.29) is 11.8 Å². The van der Waals surface area contributed by atoms with E-state index in [1.165, 1.54) is 5.57 Å². The maximum atomic E-state index is 11.5. The molecule has 4 rings (SSSR count). The van der Waals surface area contributed by atoms with Gasteiger partial charge in [0.1, 0.15) is 5.69 Å². The molecular formula is C24H36N6O2. The summed E-state index contributed by atoms with van der Waals surface area (Å²) in [5.41, 5.74) is 7.75. The van der Waals surface area contributed by atoms with Gasteiger partial charge in [0, 0.05) is 25.9 Å². The average Bonchev–Trinajstić information content (AvgIpc) is 3.38. The van der Waals surface area contributed by atoms with E-state index in [2.05, 4.69) is 46.9 Å². The summed E-state index contributed by atoms with van der Waals surface area (Å²) < 4.78 is 7.86. The molecule has 0 aromatic carbocycles. The number of allylic oxidation sites excluding steroid dienone is 1. The van der Waals surface area contributed by atoms with Gasteiger partial charge in [-0.25, -0.2) is 4.98 Å². The Morgan fingerprint density at radius 2 is 2.03 bits per heavy atom. The molecule has 32 heavy (non-hydrogen) atoms. The molecule has 1 aliphatic carbocycles. The van der Waals surface area contributed by atoms with Crippen LogP contribution in [0.1, 0.15) is 45.9 Å². The summed E-state index contributed by atoms with van der Waals surface area (Å²) in [6.07, 6.45) is 9.63. The molecule has 174 valence electrons. The van der Waals surface area contributed by atoms with Crippen LogP contribution in [0.15, 0.2) is 28.6 Å². The lowest BCUT2D eigenvalue weighted by atomic mass is 9.69. The Morgan fingerprint density at radius 3 is 2.66 bits per heavy atom. The van der Waals surface area contributed by atoms with Crippen molar-refractivity contribution in [2.24, 2.45) is 42.4 Å². The number of hydrogen-bond donors (Lipinski definition) is 1. The summed E-state index contributed by atoms with van der Waals surface area (Å²) in [5, 5.41) is 8.55. The lowest BCUT2D eigenvalue weighted by Crippen LogP contribution is -2.43. The van der Waals surface area contributed by atoms with E-state index in [1.807, 2.05) is 11.6 Å². The molecule has 2 N–H and O–H groups in total. The quantitative estimate of drug-likeness (QED) is 0.664. The molecule has 3 atom stereocenters. The van der Waals surface area contributed by atoms with Gasteiger partial charge in [0.25, 0.3) is 5.89 Å². The van der Waals surface area contributed by atoms with E-state index < -0.39 is 0 Å². The second kappa shape index (κ2) is 9.57. The molecule has 0 unspecified atom stereocenters. The standard InChI is InChI=1S/C24H36N6O2/c1-15(2)20-10-18(11-22-27-28-24(32-22)21-12-26-14-29(21)4)16(3)9-19(20)13-30-7-5-17(6-8-30)23(25)31/h9,12,14-15,17-20H,5-8,10-11,13H2,1-4H3,(H2,25,31)/t18-,19-,20-/m0/s1. The Balaban J connectivity index is 1.42. The number of amides is 1. The van der Waals surface area contributed by atoms with Crippen LogP contribution in [0.3, 0.4) is 0 Å². The van der Waals surface area contributed by atoms with Crippen molar-refractivity contribution in [1.29, 1.82) is 0 Å². The van der Waals surface area contributed by atoms with Gasteiger partial charge in [-0.15, -0.1) is 10.2 Å². The number of nitrogens with two attached hydrogens (primary N) is 1. The highest BCUT2D eigenvalue weighted by Gasteiger charge is 2.34. The minimum absolute atomic E-state index is 0.0470. The Morgan fingerprint density at radius 1 is 1.28 bits per heavy atom. The number of rotatable bonds is 7. The zero-order valence-electron chi connectivity index (χ0n) is 19.7. The van der Waals surface area contributed by atoms with Crippen molar-refractivity contribution in [3.8, 4) is 11.6 Å². The summed E-state index contributed by atoms with van der Waals surface area (Å²) in [4.78, 5) is 18.1. The molecule has 1 fully saturated rings. The number of piperidine rings is 1. The van der Waals surface area contributed by atoms with Crippen LogP contribution < -0.4 is 5.73 Å². The van der Waals surface area contributed by atoms with Crippen molar-refractivity contribution in [2.75, 3.05) is 19.6 Å². The second-order valence-corrected chi connectivity index (χ2v) is 9.99. The van der Waals surface area contributed by atoms with Gasteiger partial charge in [-0.05, 0) is 62.9 Å². The topological polar surface area (TPSA) is 103 Å². The summed E-state index contributed by atoms with van der Waals surface area (Å²) in [7, 11) is 1.92. The highest BCUT2D eigenvalue weighted by atomic mass is 16.4. The maximum absolute atomic E-state index is 11.5. The summed E-state index contributed by atoms with van der Waals surface area (Å²) in [6.45, 7) is 9.88. The van der Waals surface area contributed by atoms with Gasteiger partial charge >= 0.3 is 0 Å². The highest BCUT2D eigenvalue weighted by Crippen LogP contribution is 2.39. The molecule has 1 amide bonds. The summed E-state index contributed by atoms with van der Waals surface area (Å²) in [5.74, 6) is 3.27. The number of aryl methyl sites for hydroxylation is 1. The van der Waals surface area contributed by atoms with Gasteiger partial charge in [0.05, 0.1) is 12.5 Å². The zero-order valence-corrected chi connectivity index (χ0v) is 19.7. The van der Waals surface area contributed by atoms with Crippen LogP contribution in [0.5, 0.6) is 0 Å². The normalized spacial score (nSPS) is 25.3. The molecule has 8 nitrogen and oxygen atoms in total. The van der Waals surface area contributed by atoms with Crippen LogP contribution in [0, 0.1) is 29.6 Å². The first-order valence-corrected chi connectivity index (χ1v) is 11.8. The van der Waals surface area contributed by atoms with Gasteiger partial charge in [0.15, 0.2) is 0 Å². The minimum Gasteiger partial charge on any atom is -0.419 e. The van der Waals surface area contributed by atoms with Crippen LogP contribution >= 0.6 is 0 Å². The van der Waals surface area contributed by atoms with Crippen molar-refractivity contribution in [2.45, 2.75) is 46.5 Å². The molecule has 0 radical (unpaired) electrons. The van der Waals surface area contributed by atoms with Crippen molar-refractivity contribution < 1.29 is 9.21 Å². The lowest BCUT2D eigenvalue weighted by molar-refractivity contribution is -0.123. The molecule has 8 heteroatoms. The summed E-state index contributed by atoms with van der Waals surface area (Å²) >= 11 is 0. The molecule has 2 aromatic heterocycles. The smallest absolute Gasteiger partial charge is 0.265 e. The Labute approximate surface area is 190 Å². The molecule has 0 bridgehead atoms. The Kier molecular flexibility index (Phi) is 6.79. The predicted molar refractivity (Wildman–Crippen MR) is 122 cm³/mol. The number of aromatic nitrogens is 4. The van der Waals surface area contributed by atoms with Crippen LogP contribution in [0.2, 0.25) is 0 Å². The number of likely N-dealkylation sites (tertiary alicyclic amines) is 1. The lowest BCUT2D eigenvalue weighted by Gasteiger charge is -2.40. The SMILES string of the molecule is CC1=C[C@@H](CN2CCC(C(N)=O)CC2)[C@H](C(C)C)C[C@H]1Cc1nnc(-c2cncn2C)o1. The van der Waals surface area contributed by atoms with Gasteiger partial charge in [-0.2, -0.15) is 0 Å². The number of carbonyl (C=O) groups excluding carboxylic acids is 1. The number of nitrogens with zero attached hydrogens (tertiary/aromatic N) is 5. The predicted octanol–water partition coefficient (Wildman–Crippen LogP) is 3.06. The molecule has 0 saturated carbocycles. The van der Waals surface area contributed by atoms with Crippen molar-refractivity contribution in [3.05, 3.63) is 30.1 Å². The Hall–Kier alpha value is -2.48. The van der Waals surface area contributed by atoms with Gasteiger partial charge < -0.3 is 19.6 Å². The van der Waals surface area contributed by atoms with Crippen LogP contribution in [-0.4, -0.2) is 50.2 Å². The van der Waals surface area contributed by atoms with Crippen LogP contribution in [0.25, 0.3) is 11.6 Å². The third-order valence-corrected chi connectivity index (χ3v) is 7.47. The van der Waals surface area contributed by atoms with Crippen LogP contribution in [0.4, 0.5) is 0 Å². The van der Waals surface area contributed by atoms with E-state index in [0.717, 1.165) is 51.0 Å². The fraction of sp³-hybridized carbons (Fsp3) is 0.667. The fourth-order valence-corrected chi connectivity index (χ4v) is 5.40. The van der Waals surface area contributed by atoms with E-state index in [9.17, 15) is 4.79 Å². The van der Waals surface area contributed by atoms with E-state index in [4.69, 9.17) is 10.2 Å². The number of primary amides is 1. The number of imidazole rings is 1. The second-order valence-electron chi connectivity index (χ2n) is 9.99. The number of carbonyl (C=O) groups is 1. The van der Waals surface area contributed by atoms with Crippen molar-refractivity contribution in [3.63, 3.8) is 0 Å². The summed E-state index contributed by atoms with van der Waals surface area (Å²) in [6, 6.07) is 0. The van der Waals surface area contributed by atoms with Crippen LogP contribution in [-0.2, 0) is 18.3 Å². The first kappa shape index (κ1) is 22.7. The van der Waals surface area contributed by atoms with Gasteiger partial charge in [-0.3, -0.25) is 4.79 Å². The Bertz CT molecular complexity index is 953. The monoisotopic (exact) mass is 440 g/mol. The first-order valence-electron chi connectivity index (χ1n) is 11.8. The highest BCUT2D eigenvalue weighted by molar-refractivity contribution is 5.76. The molecule has 0 spiro atoms. The molecule has 3 heterocycles. The molecule has 1 aliphatic heterocycles.